The maximum atomic E-state index is 2.37. The summed E-state index contributed by atoms with van der Waals surface area (Å²) in [6.07, 6.45) is 4.73. The van der Waals surface area contributed by atoms with Gasteiger partial charge in [0.2, 0.25) is 0 Å². The van der Waals surface area contributed by atoms with E-state index < -0.39 is 0 Å². The molecule has 0 saturated heterocycles. The molecule has 0 nitrogen and oxygen atoms in total. The van der Waals surface area contributed by atoms with E-state index in [1.807, 2.05) is 0 Å². The smallest absolute Gasteiger partial charge is 0.0202 e. The van der Waals surface area contributed by atoms with Crippen molar-refractivity contribution in [3.8, 4) is 0 Å². The standard InChI is InChI=1S/C30H24/c1-5-13-23(14-6-1)21-27-28(22-24-15-7-2-8-16-24)30(26-19-11-4-12-20-26)29(27)25-17-9-3-10-18-25/h1-22,29-30H/b27-21-,28-22-/t29-,30-/m0/s1. The summed E-state index contributed by atoms with van der Waals surface area (Å²) in [5, 5.41) is 0. The van der Waals surface area contributed by atoms with Crippen molar-refractivity contribution in [3.63, 3.8) is 0 Å². The number of benzene rings is 4. The lowest BCUT2D eigenvalue weighted by molar-refractivity contribution is 0.596. The lowest BCUT2D eigenvalue weighted by Crippen LogP contribution is -2.28. The van der Waals surface area contributed by atoms with Crippen LogP contribution in [0.1, 0.15) is 34.1 Å². The van der Waals surface area contributed by atoms with E-state index in [1.165, 1.54) is 33.4 Å². The highest BCUT2D eigenvalue weighted by Gasteiger charge is 2.42. The lowest BCUT2D eigenvalue weighted by atomic mass is 9.59. The minimum absolute atomic E-state index is 0.351. The lowest BCUT2D eigenvalue weighted by Gasteiger charge is -2.44. The van der Waals surface area contributed by atoms with Crippen molar-refractivity contribution in [1.29, 1.82) is 0 Å². The second-order valence-corrected chi connectivity index (χ2v) is 7.80. The van der Waals surface area contributed by atoms with Gasteiger partial charge in [-0.3, -0.25) is 0 Å². The molecular weight excluding hydrogens is 360 g/mol. The fourth-order valence-corrected chi connectivity index (χ4v) is 4.49. The first-order valence-corrected chi connectivity index (χ1v) is 10.5. The van der Waals surface area contributed by atoms with Crippen molar-refractivity contribution in [2.75, 3.05) is 0 Å². The molecule has 1 aliphatic rings. The van der Waals surface area contributed by atoms with E-state index in [1.54, 1.807) is 0 Å². The monoisotopic (exact) mass is 384 g/mol. The third-order valence-electron chi connectivity index (χ3n) is 5.90. The Morgan fingerprint density at radius 1 is 0.367 bits per heavy atom. The fraction of sp³-hybridized carbons (Fsp3) is 0.0667. The second-order valence-electron chi connectivity index (χ2n) is 7.80. The molecule has 0 amide bonds. The van der Waals surface area contributed by atoms with Crippen molar-refractivity contribution in [3.05, 3.63) is 155 Å². The van der Waals surface area contributed by atoms with Crippen LogP contribution in [0.2, 0.25) is 0 Å². The first kappa shape index (κ1) is 18.4. The van der Waals surface area contributed by atoms with Crippen LogP contribution in [0.15, 0.2) is 132 Å². The van der Waals surface area contributed by atoms with E-state index in [0.717, 1.165) is 0 Å². The Labute approximate surface area is 178 Å². The van der Waals surface area contributed by atoms with Crippen molar-refractivity contribution >= 4 is 12.2 Å². The van der Waals surface area contributed by atoms with Crippen LogP contribution in [0, 0.1) is 0 Å². The maximum Gasteiger partial charge on any atom is 0.0202 e. The van der Waals surface area contributed by atoms with Crippen molar-refractivity contribution in [2.24, 2.45) is 0 Å². The average molecular weight is 385 g/mol. The molecule has 144 valence electrons. The summed E-state index contributed by atoms with van der Waals surface area (Å²) in [7, 11) is 0. The second kappa shape index (κ2) is 8.39. The van der Waals surface area contributed by atoms with Gasteiger partial charge in [0.05, 0.1) is 0 Å². The summed E-state index contributed by atoms with van der Waals surface area (Å²) in [5.41, 5.74) is 8.06. The topological polar surface area (TPSA) is 0 Å². The van der Waals surface area contributed by atoms with Gasteiger partial charge in [0, 0.05) is 11.8 Å². The molecule has 2 atom stereocenters. The highest BCUT2D eigenvalue weighted by atomic mass is 14.4. The molecule has 0 spiro atoms. The largest absolute Gasteiger partial charge is 0.0622 e. The zero-order valence-electron chi connectivity index (χ0n) is 16.9. The molecule has 0 bridgehead atoms. The van der Waals surface area contributed by atoms with Crippen LogP contribution in [0.5, 0.6) is 0 Å². The first-order chi connectivity index (χ1) is 14.9. The summed E-state index contributed by atoms with van der Waals surface area (Å²) < 4.78 is 0. The Kier molecular flexibility index (Phi) is 5.14. The molecule has 0 N–H and O–H groups in total. The highest BCUT2D eigenvalue weighted by molar-refractivity contribution is 5.77. The summed E-state index contributed by atoms with van der Waals surface area (Å²) in [4.78, 5) is 0. The molecule has 0 aliphatic heterocycles. The molecule has 1 aliphatic carbocycles. The Morgan fingerprint density at radius 3 is 1.00 bits per heavy atom. The molecule has 1 saturated carbocycles. The van der Waals surface area contributed by atoms with Crippen molar-refractivity contribution in [2.45, 2.75) is 11.8 Å². The van der Waals surface area contributed by atoms with Crippen molar-refractivity contribution < 1.29 is 0 Å². The average Bonchev–Trinajstić information content (AvgIpc) is 2.82. The predicted molar refractivity (Wildman–Crippen MR) is 127 cm³/mol. The Bertz CT molecular complexity index is 1060. The van der Waals surface area contributed by atoms with Gasteiger partial charge in [0.15, 0.2) is 0 Å². The summed E-state index contributed by atoms with van der Waals surface area (Å²) in [5.74, 6) is 0.701. The molecule has 0 unspecified atom stereocenters. The molecule has 0 aromatic heterocycles. The van der Waals surface area contributed by atoms with E-state index in [9.17, 15) is 0 Å². The van der Waals surface area contributed by atoms with Crippen LogP contribution < -0.4 is 0 Å². The van der Waals surface area contributed by atoms with Crippen LogP contribution in [-0.4, -0.2) is 0 Å². The quantitative estimate of drug-likeness (QED) is 0.338. The molecule has 4 aromatic carbocycles. The molecule has 0 heterocycles. The number of rotatable bonds is 4. The van der Waals surface area contributed by atoms with E-state index in [-0.39, 0.29) is 0 Å². The minimum Gasteiger partial charge on any atom is -0.0622 e. The molecule has 4 aromatic rings. The zero-order chi connectivity index (χ0) is 20.2. The van der Waals surface area contributed by atoms with Crippen LogP contribution in [0.3, 0.4) is 0 Å². The van der Waals surface area contributed by atoms with Crippen LogP contribution in [0.4, 0.5) is 0 Å². The Balaban J connectivity index is 1.68. The van der Waals surface area contributed by atoms with Crippen LogP contribution >= 0.6 is 0 Å². The van der Waals surface area contributed by atoms with Gasteiger partial charge in [-0.1, -0.05) is 133 Å². The van der Waals surface area contributed by atoms with Gasteiger partial charge in [0.1, 0.15) is 0 Å². The first-order valence-electron chi connectivity index (χ1n) is 10.5. The number of hydrogen-bond donors (Lipinski definition) is 0. The normalized spacial score (nSPS) is 20.8. The third-order valence-corrected chi connectivity index (χ3v) is 5.90. The maximum absolute atomic E-state index is 2.37. The fourth-order valence-electron chi connectivity index (χ4n) is 4.49. The molecule has 0 radical (unpaired) electrons. The summed E-state index contributed by atoms with van der Waals surface area (Å²) in [6, 6.07) is 43.2. The zero-order valence-corrected chi connectivity index (χ0v) is 16.9. The third kappa shape index (κ3) is 3.65. The van der Waals surface area contributed by atoms with Crippen molar-refractivity contribution in [1.82, 2.24) is 0 Å². The summed E-state index contributed by atoms with van der Waals surface area (Å²) >= 11 is 0. The number of allylic oxidation sites excluding steroid dienone is 2. The minimum atomic E-state index is 0.351. The molecular formula is C30H24. The van der Waals surface area contributed by atoms with E-state index in [0.29, 0.717) is 11.8 Å². The van der Waals surface area contributed by atoms with Gasteiger partial charge in [-0.2, -0.15) is 0 Å². The Hall–Kier alpha value is -3.64. The van der Waals surface area contributed by atoms with E-state index in [4.69, 9.17) is 0 Å². The van der Waals surface area contributed by atoms with Gasteiger partial charge in [-0.05, 0) is 33.4 Å². The summed E-state index contributed by atoms with van der Waals surface area (Å²) in [6.45, 7) is 0. The van der Waals surface area contributed by atoms with Crippen LogP contribution in [0.25, 0.3) is 12.2 Å². The van der Waals surface area contributed by atoms with E-state index in [2.05, 4.69) is 133 Å². The molecule has 0 heteroatoms. The molecule has 1 fully saturated rings. The predicted octanol–water partition coefficient (Wildman–Crippen LogP) is 7.73. The van der Waals surface area contributed by atoms with Gasteiger partial charge in [-0.25, -0.2) is 0 Å². The van der Waals surface area contributed by atoms with Gasteiger partial charge < -0.3 is 0 Å². The highest BCUT2D eigenvalue weighted by Crippen LogP contribution is 2.58. The Morgan fingerprint density at radius 2 is 0.667 bits per heavy atom. The van der Waals surface area contributed by atoms with Gasteiger partial charge >= 0.3 is 0 Å². The van der Waals surface area contributed by atoms with Gasteiger partial charge in [0.25, 0.3) is 0 Å². The number of hydrogen-bond acceptors (Lipinski definition) is 0. The van der Waals surface area contributed by atoms with Gasteiger partial charge in [-0.15, -0.1) is 0 Å². The van der Waals surface area contributed by atoms with Crippen LogP contribution in [-0.2, 0) is 0 Å². The molecule has 5 rings (SSSR count). The molecule has 30 heavy (non-hydrogen) atoms. The van der Waals surface area contributed by atoms with E-state index >= 15 is 0 Å². The SMILES string of the molecule is C(=C1\C(=C\c2ccccc2)[C@H](c2ccccc2)[C@H]1c1ccccc1)/c1ccccc1.